The lowest BCUT2D eigenvalue weighted by Gasteiger charge is -2.17. The number of nitrogens with zero attached hydrogens (tertiary/aromatic N) is 1. The van der Waals surface area contributed by atoms with Crippen LogP contribution >= 0.6 is 11.8 Å². The molecule has 1 amide bonds. The van der Waals surface area contributed by atoms with Crippen LogP contribution in [0.1, 0.15) is 17.5 Å². The molecular weight excluding hydrogens is 246 g/mol. The largest absolute Gasteiger partial charge is 0.396 e. The van der Waals surface area contributed by atoms with E-state index in [1.165, 1.54) is 5.56 Å². The number of amides is 1. The minimum Gasteiger partial charge on any atom is -0.396 e. The Morgan fingerprint density at radius 2 is 2.00 bits per heavy atom. The van der Waals surface area contributed by atoms with Gasteiger partial charge in [-0.3, -0.25) is 4.79 Å². The molecule has 0 aliphatic heterocycles. The highest BCUT2D eigenvalue weighted by Crippen LogP contribution is 2.08. The Labute approximate surface area is 113 Å². The molecule has 0 radical (unpaired) electrons. The maximum absolute atomic E-state index is 11.8. The number of aliphatic hydroxyl groups is 1. The highest BCUT2D eigenvalue weighted by atomic mass is 32.2. The lowest BCUT2D eigenvalue weighted by Crippen LogP contribution is -2.27. The van der Waals surface area contributed by atoms with E-state index in [2.05, 4.69) is 31.2 Å². The summed E-state index contributed by atoms with van der Waals surface area (Å²) in [5.41, 5.74) is 2.38. The second-order valence-corrected chi connectivity index (χ2v) is 5.47. The Kier molecular flexibility index (Phi) is 6.83. The molecule has 0 heterocycles. The minimum atomic E-state index is 0.138. The molecule has 0 bridgehead atoms. The lowest BCUT2D eigenvalue weighted by molar-refractivity contribution is -0.127. The molecule has 3 nitrogen and oxygen atoms in total. The van der Waals surface area contributed by atoms with E-state index >= 15 is 0 Å². The molecule has 4 heteroatoms. The van der Waals surface area contributed by atoms with E-state index in [0.29, 0.717) is 12.3 Å². The molecule has 100 valence electrons. The van der Waals surface area contributed by atoms with Crippen molar-refractivity contribution >= 4 is 17.7 Å². The fraction of sp³-hybridized carbons (Fsp3) is 0.500. The predicted molar refractivity (Wildman–Crippen MR) is 76.7 cm³/mol. The Morgan fingerprint density at radius 1 is 1.33 bits per heavy atom. The number of hydrogen-bond acceptors (Lipinski definition) is 3. The molecular formula is C14H21NO2S. The molecule has 0 aliphatic carbocycles. The van der Waals surface area contributed by atoms with Gasteiger partial charge >= 0.3 is 0 Å². The summed E-state index contributed by atoms with van der Waals surface area (Å²) in [7, 11) is 1.83. The third kappa shape index (κ3) is 5.56. The van der Waals surface area contributed by atoms with E-state index in [1.807, 2.05) is 7.05 Å². The molecule has 0 spiro atoms. The fourth-order valence-corrected chi connectivity index (χ4v) is 2.36. The topological polar surface area (TPSA) is 40.5 Å². The van der Waals surface area contributed by atoms with Crippen molar-refractivity contribution in [1.82, 2.24) is 4.90 Å². The van der Waals surface area contributed by atoms with Crippen LogP contribution in [-0.4, -0.2) is 41.1 Å². The van der Waals surface area contributed by atoms with E-state index in [9.17, 15) is 4.79 Å². The van der Waals surface area contributed by atoms with E-state index < -0.39 is 0 Å². The molecule has 0 saturated heterocycles. The van der Waals surface area contributed by atoms with Crippen molar-refractivity contribution in [2.24, 2.45) is 0 Å². The normalized spacial score (nSPS) is 10.4. The average molecular weight is 267 g/mol. The molecule has 1 aromatic rings. The van der Waals surface area contributed by atoms with Gasteiger partial charge in [0.15, 0.2) is 0 Å². The summed E-state index contributed by atoms with van der Waals surface area (Å²) < 4.78 is 0. The standard InChI is InChI=1S/C14H21NO2S/c1-12-4-6-13(7-5-12)10-15(2)14(17)11-18-9-3-8-16/h4-7,16H,3,8-11H2,1-2H3. The molecule has 1 rings (SSSR count). The van der Waals surface area contributed by atoms with Crippen molar-refractivity contribution in [3.63, 3.8) is 0 Å². The van der Waals surface area contributed by atoms with E-state index in [1.54, 1.807) is 16.7 Å². The zero-order valence-corrected chi connectivity index (χ0v) is 11.9. The monoisotopic (exact) mass is 267 g/mol. The van der Waals surface area contributed by atoms with Gasteiger partial charge in [-0.05, 0) is 24.7 Å². The zero-order chi connectivity index (χ0) is 13.4. The Balaban J connectivity index is 2.33. The highest BCUT2D eigenvalue weighted by molar-refractivity contribution is 7.99. The molecule has 1 N–H and O–H groups in total. The fourth-order valence-electron chi connectivity index (χ4n) is 1.49. The SMILES string of the molecule is Cc1ccc(CN(C)C(=O)CSCCCO)cc1. The van der Waals surface area contributed by atoms with Crippen LogP contribution in [0, 0.1) is 6.92 Å². The van der Waals surface area contributed by atoms with Crippen molar-refractivity contribution in [1.29, 1.82) is 0 Å². The lowest BCUT2D eigenvalue weighted by atomic mass is 10.1. The van der Waals surface area contributed by atoms with E-state index in [4.69, 9.17) is 5.11 Å². The summed E-state index contributed by atoms with van der Waals surface area (Å²) in [6.07, 6.45) is 0.750. The molecule has 0 aromatic heterocycles. The summed E-state index contributed by atoms with van der Waals surface area (Å²) in [6.45, 7) is 2.90. The van der Waals surface area contributed by atoms with Crippen LogP contribution in [0.4, 0.5) is 0 Å². The first-order valence-electron chi connectivity index (χ1n) is 6.11. The number of benzene rings is 1. The Bertz CT molecular complexity index is 365. The van der Waals surface area contributed by atoms with Gasteiger partial charge in [-0.1, -0.05) is 29.8 Å². The van der Waals surface area contributed by atoms with Gasteiger partial charge in [0, 0.05) is 20.2 Å². The number of carbonyl (C=O) groups excluding carboxylic acids is 1. The molecule has 0 atom stereocenters. The van der Waals surface area contributed by atoms with Crippen molar-refractivity contribution in [2.45, 2.75) is 19.9 Å². The summed E-state index contributed by atoms with van der Waals surface area (Å²) in [6, 6.07) is 8.23. The number of rotatable bonds is 7. The van der Waals surface area contributed by atoms with Gasteiger partial charge in [-0.2, -0.15) is 11.8 Å². The van der Waals surface area contributed by atoms with E-state index in [0.717, 1.165) is 17.7 Å². The van der Waals surface area contributed by atoms with Gasteiger partial charge in [0.2, 0.25) is 5.91 Å². The third-order valence-corrected chi connectivity index (χ3v) is 3.67. The summed E-state index contributed by atoms with van der Waals surface area (Å²) in [5.74, 6) is 1.46. The van der Waals surface area contributed by atoms with Crippen molar-refractivity contribution in [3.05, 3.63) is 35.4 Å². The number of carbonyl (C=O) groups is 1. The van der Waals surface area contributed by atoms with Crippen molar-refractivity contribution in [3.8, 4) is 0 Å². The smallest absolute Gasteiger partial charge is 0.232 e. The van der Waals surface area contributed by atoms with Gasteiger partial charge < -0.3 is 10.0 Å². The maximum atomic E-state index is 11.8. The first-order valence-corrected chi connectivity index (χ1v) is 7.27. The first-order chi connectivity index (χ1) is 8.63. The second-order valence-electron chi connectivity index (χ2n) is 4.37. The summed E-state index contributed by atoms with van der Waals surface area (Å²) in [5, 5.41) is 8.65. The number of aliphatic hydroxyl groups excluding tert-OH is 1. The zero-order valence-electron chi connectivity index (χ0n) is 11.1. The van der Waals surface area contributed by atoms with Gasteiger partial charge in [0.25, 0.3) is 0 Å². The maximum Gasteiger partial charge on any atom is 0.232 e. The summed E-state index contributed by atoms with van der Waals surface area (Å²) >= 11 is 1.58. The molecule has 18 heavy (non-hydrogen) atoms. The number of hydrogen-bond donors (Lipinski definition) is 1. The van der Waals surface area contributed by atoms with Crippen LogP contribution in [0.5, 0.6) is 0 Å². The van der Waals surface area contributed by atoms with Crippen LogP contribution in [0.3, 0.4) is 0 Å². The van der Waals surface area contributed by atoms with Crippen LogP contribution in [-0.2, 0) is 11.3 Å². The number of thioether (sulfide) groups is 1. The molecule has 0 aliphatic rings. The van der Waals surface area contributed by atoms with Crippen LogP contribution in [0.2, 0.25) is 0 Å². The Hall–Kier alpha value is -1.00. The van der Waals surface area contributed by atoms with Crippen LogP contribution in [0.25, 0.3) is 0 Å². The predicted octanol–water partition coefficient (Wildman–Crippen LogP) is 2.07. The van der Waals surface area contributed by atoms with Crippen LogP contribution in [0.15, 0.2) is 24.3 Å². The van der Waals surface area contributed by atoms with E-state index in [-0.39, 0.29) is 12.5 Å². The quantitative estimate of drug-likeness (QED) is 0.769. The molecule has 0 unspecified atom stereocenters. The Morgan fingerprint density at radius 3 is 2.61 bits per heavy atom. The number of aryl methyl sites for hydroxylation is 1. The molecule has 0 saturated carbocycles. The van der Waals surface area contributed by atoms with Crippen molar-refractivity contribution < 1.29 is 9.90 Å². The van der Waals surface area contributed by atoms with Crippen molar-refractivity contribution in [2.75, 3.05) is 25.2 Å². The molecule has 1 aromatic carbocycles. The summed E-state index contributed by atoms with van der Waals surface area (Å²) in [4.78, 5) is 13.6. The third-order valence-electron chi connectivity index (χ3n) is 2.64. The second kappa shape index (κ2) is 8.16. The van der Waals surface area contributed by atoms with Gasteiger partial charge in [-0.15, -0.1) is 0 Å². The molecule has 0 fully saturated rings. The van der Waals surface area contributed by atoms with Gasteiger partial charge in [-0.25, -0.2) is 0 Å². The van der Waals surface area contributed by atoms with Gasteiger partial charge in [0.1, 0.15) is 0 Å². The highest BCUT2D eigenvalue weighted by Gasteiger charge is 2.08. The average Bonchev–Trinajstić information content (AvgIpc) is 2.37. The van der Waals surface area contributed by atoms with Crippen LogP contribution < -0.4 is 0 Å². The van der Waals surface area contributed by atoms with Gasteiger partial charge in [0.05, 0.1) is 5.75 Å². The minimum absolute atomic E-state index is 0.138. The first kappa shape index (κ1) is 15.1.